The number of H-pyrrole nitrogens is 1. The average Bonchev–Trinajstić information content (AvgIpc) is 2.58. The molecule has 1 aliphatic rings. The number of aromatic amines is 1. The molecule has 1 aliphatic heterocycles. The van der Waals surface area contributed by atoms with Gasteiger partial charge in [-0.05, 0) is 13.8 Å². The van der Waals surface area contributed by atoms with E-state index in [0.29, 0.717) is 0 Å². The van der Waals surface area contributed by atoms with Crippen molar-refractivity contribution in [2.24, 2.45) is 0 Å². The molecule has 4 atom stereocenters. The first-order chi connectivity index (χ1) is 9.28. The molecular formula is C12H17FN2O5. The first-order valence-electron chi connectivity index (χ1n) is 6.12. The Kier molecular flexibility index (Phi) is 3.81. The summed E-state index contributed by atoms with van der Waals surface area (Å²) in [7, 11) is 1.40. The number of ether oxygens (including phenoxy) is 2. The molecule has 1 fully saturated rings. The zero-order valence-electron chi connectivity index (χ0n) is 11.4. The topological polar surface area (TPSA) is 93.5 Å². The van der Waals surface area contributed by atoms with Gasteiger partial charge in [-0.25, -0.2) is 9.18 Å². The molecule has 0 bridgehead atoms. The first-order valence-corrected chi connectivity index (χ1v) is 6.12. The summed E-state index contributed by atoms with van der Waals surface area (Å²) < 4.78 is 25.8. The molecular weight excluding hydrogens is 271 g/mol. The molecule has 0 amide bonds. The zero-order chi connectivity index (χ0) is 15.1. The maximum atomic E-state index is 14.7. The molecule has 4 unspecified atom stereocenters. The molecule has 20 heavy (non-hydrogen) atoms. The SMILES string of the molecule is COCC1OC(n2cc(C)c(=O)[nH]c2=O)C(C)(F)C1O. The van der Waals surface area contributed by atoms with Gasteiger partial charge in [0.05, 0.1) is 6.61 Å². The summed E-state index contributed by atoms with van der Waals surface area (Å²) in [4.78, 5) is 25.2. The Labute approximate surface area is 114 Å². The fourth-order valence-corrected chi connectivity index (χ4v) is 2.28. The molecule has 0 spiro atoms. The molecule has 0 saturated carbocycles. The Balaban J connectivity index is 2.45. The van der Waals surface area contributed by atoms with Gasteiger partial charge in [0.15, 0.2) is 11.9 Å². The van der Waals surface area contributed by atoms with Gasteiger partial charge in [0.2, 0.25) is 0 Å². The van der Waals surface area contributed by atoms with Gasteiger partial charge in [-0.2, -0.15) is 0 Å². The van der Waals surface area contributed by atoms with Gasteiger partial charge in [-0.1, -0.05) is 0 Å². The van der Waals surface area contributed by atoms with E-state index in [2.05, 4.69) is 4.98 Å². The number of aliphatic hydroxyl groups is 1. The van der Waals surface area contributed by atoms with Crippen molar-refractivity contribution in [3.05, 3.63) is 32.6 Å². The number of aryl methyl sites for hydroxylation is 1. The van der Waals surface area contributed by atoms with E-state index in [9.17, 15) is 19.1 Å². The molecule has 1 saturated heterocycles. The largest absolute Gasteiger partial charge is 0.387 e. The highest BCUT2D eigenvalue weighted by atomic mass is 19.1. The molecule has 2 heterocycles. The maximum absolute atomic E-state index is 14.7. The summed E-state index contributed by atoms with van der Waals surface area (Å²) in [6, 6.07) is 0. The molecule has 0 aliphatic carbocycles. The lowest BCUT2D eigenvalue weighted by Gasteiger charge is -2.25. The number of aromatic nitrogens is 2. The minimum atomic E-state index is -2.18. The molecule has 2 N–H and O–H groups in total. The van der Waals surface area contributed by atoms with E-state index in [0.717, 1.165) is 11.5 Å². The van der Waals surface area contributed by atoms with Gasteiger partial charge < -0.3 is 14.6 Å². The van der Waals surface area contributed by atoms with Gasteiger partial charge in [0.25, 0.3) is 5.56 Å². The molecule has 2 rings (SSSR count). The van der Waals surface area contributed by atoms with Crippen molar-refractivity contribution in [1.29, 1.82) is 0 Å². The fraction of sp³-hybridized carbons (Fsp3) is 0.667. The van der Waals surface area contributed by atoms with Gasteiger partial charge in [0, 0.05) is 18.9 Å². The smallest absolute Gasteiger partial charge is 0.330 e. The Bertz CT molecular complexity index is 609. The van der Waals surface area contributed by atoms with E-state index < -0.39 is 35.4 Å². The van der Waals surface area contributed by atoms with Crippen LogP contribution in [-0.4, -0.2) is 46.3 Å². The van der Waals surface area contributed by atoms with Crippen LogP contribution < -0.4 is 11.2 Å². The molecule has 0 aromatic carbocycles. The van der Waals surface area contributed by atoms with Crippen LogP contribution in [0.5, 0.6) is 0 Å². The lowest BCUT2D eigenvalue weighted by molar-refractivity contribution is -0.0662. The standard InChI is InChI=1S/C12H17FN2O5/c1-6-4-15(11(18)14-9(6)17)10-12(2,13)8(16)7(20-10)5-19-3/h4,7-8,10,16H,5H2,1-3H3,(H,14,17,18). The van der Waals surface area contributed by atoms with Gasteiger partial charge >= 0.3 is 5.69 Å². The van der Waals surface area contributed by atoms with Crippen molar-refractivity contribution >= 4 is 0 Å². The predicted octanol–water partition coefficient (Wildman–Crippen LogP) is -0.522. The predicted molar refractivity (Wildman–Crippen MR) is 67.4 cm³/mol. The van der Waals surface area contributed by atoms with Crippen LogP contribution in [0.1, 0.15) is 18.7 Å². The molecule has 0 radical (unpaired) electrons. The number of nitrogens with one attached hydrogen (secondary N) is 1. The minimum absolute atomic E-state index is 0.00569. The lowest BCUT2D eigenvalue weighted by atomic mass is 9.98. The molecule has 8 heteroatoms. The summed E-state index contributed by atoms with van der Waals surface area (Å²) in [5.41, 5.74) is -3.27. The van der Waals surface area contributed by atoms with Gasteiger partial charge in [0.1, 0.15) is 12.2 Å². The number of methoxy groups -OCH3 is 1. The second-order valence-electron chi connectivity index (χ2n) is 5.06. The Hall–Kier alpha value is -1.51. The van der Waals surface area contributed by atoms with Crippen LogP contribution in [0.25, 0.3) is 0 Å². The average molecular weight is 288 g/mol. The van der Waals surface area contributed by atoms with Gasteiger partial charge in [-0.15, -0.1) is 0 Å². The summed E-state index contributed by atoms with van der Waals surface area (Å²) in [6.07, 6.45) is -2.45. The van der Waals surface area contributed by atoms with E-state index in [1.165, 1.54) is 20.2 Å². The number of alkyl halides is 1. The fourth-order valence-electron chi connectivity index (χ4n) is 2.28. The quantitative estimate of drug-likeness (QED) is 0.780. The highest BCUT2D eigenvalue weighted by molar-refractivity contribution is 5.06. The van der Waals surface area contributed by atoms with Crippen molar-refractivity contribution in [1.82, 2.24) is 9.55 Å². The monoisotopic (exact) mass is 288 g/mol. The Morgan fingerprint density at radius 3 is 2.85 bits per heavy atom. The van der Waals surface area contributed by atoms with E-state index in [-0.39, 0.29) is 12.2 Å². The third-order valence-electron chi connectivity index (χ3n) is 3.45. The summed E-state index contributed by atoms with van der Waals surface area (Å²) >= 11 is 0. The van der Waals surface area contributed by atoms with E-state index in [1.807, 2.05) is 0 Å². The maximum Gasteiger partial charge on any atom is 0.330 e. The first kappa shape index (κ1) is 14.9. The number of nitrogens with zero attached hydrogens (tertiary/aromatic N) is 1. The Morgan fingerprint density at radius 2 is 2.25 bits per heavy atom. The van der Waals surface area contributed by atoms with Crippen LogP contribution in [0.15, 0.2) is 15.8 Å². The van der Waals surface area contributed by atoms with Crippen molar-refractivity contribution in [3.8, 4) is 0 Å². The molecule has 1 aromatic rings. The lowest BCUT2D eigenvalue weighted by Crippen LogP contribution is -2.44. The third-order valence-corrected chi connectivity index (χ3v) is 3.45. The number of hydrogen-bond acceptors (Lipinski definition) is 5. The van der Waals surface area contributed by atoms with E-state index >= 15 is 0 Å². The van der Waals surface area contributed by atoms with Crippen LogP contribution in [0.3, 0.4) is 0 Å². The van der Waals surface area contributed by atoms with Crippen LogP contribution in [0, 0.1) is 6.92 Å². The summed E-state index contributed by atoms with van der Waals surface area (Å²) in [6.45, 7) is 2.63. The van der Waals surface area contributed by atoms with Crippen molar-refractivity contribution in [2.45, 2.75) is 38.0 Å². The van der Waals surface area contributed by atoms with Crippen molar-refractivity contribution < 1.29 is 19.0 Å². The van der Waals surface area contributed by atoms with E-state index in [4.69, 9.17) is 9.47 Å². The van der Waals surface area contributed by atoms with Crippen LogP contribution in [0.2, 0.25) is 0 Å². The summed E-state index contributed by atoms with van der Waals surface area (Å²) in [5.74, 6) is 0. The molecule has 1 aromatic heterocycles. The number of halogens is 1. The number of hydrogen-bond donors (Lipinski definition) is 2. The van der Waals surface area contributed by atoms with Crippen LogP contribution in [0.4, 0.5) is 4.39 Å². The number of rotatable bonds is 3. The highest BCUT2D eigenvalue weighted by Gasteiger charge is 2.55. The second-order valence-corrected chi connectivity index (χ2v) is 5.06. The second kappa shape index (κ2) is 5.12. The molecule has 7 nitrogen and oxygen atoms in total. The summed E-state index contributed by atoms with van der Waals surface area (Å²) in [5, 5.41) is 9.93. The van der Waals surface area contributed by atoms with Crippen LogP contribution in [-0.2, 0) is 9.47 Å². The molecule has 112 valence electrons. The number of aliphatic hydroxyl groups excluding tert-OH is 1. The minimum Gasteiger partial charge on any atom is -0.387 e. The van der Waals surface area contributed by atoms with Crippen LogP contribution >= 0.6 is 0 Å². The van der Waals surface area contributed by atoms with Crippen molar-refractivity contribution in [3.63, 3.8) is 0 Å². The normalized spacial score (nSPS) is 33.5. The van der Waals surface area contributed by atoms with Gasteiger partial charge in [-0.3, -0.25) is 14.3 Å². The third kappa shape index (κ3) is 2.30. The van der Waals surface area contributed by atoms with Crippen molar-refractivity contribution in [2.75, 3.05) is 13.7 Å². The van der Waals surface area contributed by atoms with E-state index in [1.54, 1.807) is 0 Å². The highest BCUT2D eigenvalue weighted by Crippen LogP contribution is 2.40. The Morgan fingerprint density at radius 1 is 1.60 bits per heavy atom. The zero-order valence-corrected chi connectivity index (χ0v) is 11.4.